The van der Waals surface area contributed by atoms with Gasteiger partial charge in [-0.3, -0.25) is 14.5 Å². The molecule has 4 heterocycles. The minimum absolute atomic E-state index is 0.0238. The van der Waals surface area contributed by atoms with Crippen LogP contribution in [-0.4, -0.2) is 52.1 Å². The highest BCUT2D eigenvalue weighted by Gasteiger charge is 2.36. The molecule has 180 valence electrons. The quantitative estimate of drug-likeness (QED) is 0.553. The first kappa shape index (κ1) is 23.3. The van der Waals surface area contributed by atoms with E-state index < -0.39 is 0 Å². The van der Waals surface area contributed by atoms with Gasteiger partial charge in [-0.2, -0.15) is 5.10 Å². The third kappa shape index (κ3) is 5.44. The van der Waals surface area contributed by atoms with Crippen LogP contribution in [-0.2, 0) is 9.59 Å². The van der Waals surface area contributed by atoms with Crippen LogP contribution >= 0.6 is 11.6 Å². The Hall–Kier alpha value is -3.49. The summed E-state index contributed by atoms with van der Waals surface area (Å²) in [6, 6.07) is 16.3. The average molecular weight is 492 g/mol. The lowest BCUT2D eigenvalue weighted by atomic mass is 9.96. The summed E-state index contributed by atoms with van der Waals surface area (Å²) in [5, 5.41) is 9.75. The molecule has 0 aliphatic carbocycles. The van der Waals surface area contributed by atoms with Crippen LogP contribution in [0.3, 0.4) is 0 Å². The minimum Gasteiger partial charge on any atom is -0.467 e. The molecule has 8 nitrogen and oxygen atoms in total. The van der Waals surface area contributed by atoms with Gasteiger partial charge in [0, 0.05) is 23.6 Å². The van der Waals surface area contributed by atoms with E-state index in [4.69, 9.17) is 16.0 Å². The fourth-order valence-electron chi connectivity index (χ4n) is 4.54. The number of pyridine rings is 1. The second kappa shape index (κ2) is 10.4. The molecule has 2 aliphatic rings. The number of carbonyl (C=O) groups is 2. The van der Waals surface area contributed by atoms with Gasteiger partial charge in [0.05, 0.1) is 18.5 Å². The van der Waals surface area contributed by atoms with Crippen LogP contribution in [0.5, 0.6) is 0 Å². The lowest BCUT2D eigenvalue weighted by molar-refractivity contribution is -0.135. The van der Waals surface area contributed by atoms with Crippen molar-refractivity contribution >= 4 is 34.9 Å². The molecule has 5 rings (SSSR count). The standard InChI is InChI=1S/C26H26ClN5O3/c27-20-8-6-18(7-9-20)21-16-22(23-4-3-15-35-23)32(30-21)25(33)17-31-13-10-19(11-14-31)26(34)29-24-5-1-2-12-28-24/h1-9,12,15,19,22H,10-11,13-14,16-17H2,(H,28,29,34). The van der Waals surface area contributed by atoms with E-state index in [1.165, 1.54) is 0 Å². The molecule has 1 fully saturated rings. The SMILES string of the molecule is O=C(Nc1ccccn1)C1CCN(CC(=O)N2N=C(c3ccc(Cl)cc3)CC2c2ccco2)CC1. The second-order valence-corrected chi connectivity index (χ2v) is 9.22. The van der Waals surface area contributed by atoms with E-state index >= 15 is 0 Å². The number of benzene rings is 1. The van der Waals surface area contributed by atoms with Crippen molar-refractivity contribution in [3.8, 4) is 0 Å². The Bertz CT molecular complexity index is 1190. The smallest absolute Gasteiger partial charge is 0.257 e. The van der Waals surface area contributed by atoms with Crippen LogP contribution in [0.15, 0.2) is 76.6 Å². The van der Waals surface area contributed by atoms with Gasteiger partial charge < -0.3 is 9.73 Å². The van der Waals surface area contributed by atoms with E-state index in [-0.39, 0.29) is 30.3 Å². The zero-order valence-electron chi connectivity index (χ0n) is 19.1. The summed E-state index contributed by atoms with van der Waals surface area (Å²) in [4.78, 5) is 32.2. The van der Waals surface area contributed by atoms with Gasteiger partial charge in [-0.15, -0.1) is 0 Å². The van der Waals surface area contributed by atoms with Crippen molar-refractivity contribution in [3.63, 3.8) is 0 Å². The first-order valence-electron chi connectivity index (χ1n) is 11.7. The first-order chi connectivity index (χ1) is 17.1. The highest BCUT2D eigenvalue weighted by molar-refractivity contribution is 6.30. The maximum Gasteiger partial charge on any atom is 0.257 e. The van der Waals surface area contributed by atoms with Gasteiger partial charge in [-0.05, 0) is 67.9 Å². The van der Waals surface area contributed by atoms with Crippen molar-refractivity contribution < 1.29 is 14.0 Å². The molecule has 1 atom stereocenters. The number of hydrogen-bond acceptors (Lipinski definition) is 6. The Morgan fingerprint density at radius 1 is 1.06 bits per heavy atom. The maximum absolute atomic E-state index is 13.3. The molecule has 0 bridgehead atoms. The van der Waals surface area contributed by atoms with Crippen LogP contribution < -0.4 is 5.32 Å². The molecule has 0 spiro atoms. The number of nitrogens with one attached hydrogen (secondary N) is 1. The predicted octanol–water partition coefficient (Wildman–Crippen LogP) is 4.36. The number of halogens is 1. The number of hydrogen-bond donors (Lipinski definition) is 1. The topological polar surface area (TPSA) is 91.0 Å². The third-order valence-electron chi connectivity index (χ3n) is 6.45. The molecule has 1 saturated heterocycles. The highest BCUT2D eigenvalue weighted by atomic mass is 35.5. The number of amides is 2. The van der Waals surface area contributed by atoms with Gasteiger partial charge in [0.1, 0.15) is 17.6 Å². The fourth-order valence-corrected chi connectivity index (χ4v) is 4.67. The van der Waals surface area contributed by atoms with Crippen molar-refractivity contribution in [1.29, 1.82) is 0 Å². The molecule has 1 aromatic carbocycles. The predicted molar refractivity (Wildman–Crippen MR) is 133 cm³/mol. The summed E-state index contributed by atoms with van der Waals surface area (Å²) in [5.41, 5.74) is 1.75. The van der Waals surface area contributed by atoms with Crippen LogP contribution in [0.25, 0.3) is 0 Å². The van der Waals surface area contributed by atoms with Gasteiger partial charge in [-0.25, -0.2) is 9.99 Å². The molecular formula is C26H26ClN5O3. The summed E-state index contributed by atoms with van der Waals surface area (Å²) >= 11 is 6.03. The second-order valence-electron chi connectivity index (χ2n) is 8.78. The van der Waals surface area contributed by atoms with Crippen molar-refractivity contribution in [2.24, 2.45) is 11.0 Å². The molecule has 35 heavy (non-hydrogen) atoms. The summed E-state index contributed by atoms with van der Waals surface area (Å²) in [6.45, 7) is 1.57. The molecule has 9 heteroatoms. The van der Waals surface area contributed by atoms with Crippen molar-refractivity contribution in [3.05, 3.63) is 83.4 Å². The van der Waals surface area contributed by atoms with E-state index in [2.05, 4.69) is 20.3 Å². The fraction of sp³-hybridized carbons (Fsp3) is 0.308. The van der Waals surface area contributed by atoms with Crippen molar-refractivity contribution in [2.75, 3.05) is 25.0 Å². The van der Waals surface area contributed by atoms with Crippen LogP contribution in [0.2, 0.25) is 5.02 Å². The molecule has 0 saturated carbocycles. The summed E-state index contributed by atoms with van der Waals surface area (Å²) in [5.74, 6) is 1.05. The molecule has 2 aliphatic heterocycles. The number of rotatable bonds is 6. The Morgan fingerprint density at radius 3 is 2.54 bits per heavy atom. The van der Waals surface area contributed by atoms with E-state index in [1.807, 2.05) is 48.5 Å². The lowest BCUT2D eigenvalue weighted by Crippen LogP contribution is -2.43. The minimum atomic E-state index is -0.287. The van der Waals surface area contributed by atoms with Gasteiger partial charge in [0.25, 0.3) is 5.91 Å². The van der Waals surface area contributed by atoms with Crippen molar-refractivity contribution in [1.82, 2.24) is 14.9 Å². The zero-order chi connectivity index (χ0) is 24.2. The summed E-state index contributed by atoms with van der Waals surface area (Å²) < 4.78 is 5.63. The molecular weight excluding hydrogens is 466 g/mol. The Kier molecular flexibility index (Phi) is 6.92. The molecule has 2 aromatic heterocycles. The Balaban J connectivity index is 1.21. The normalized spacial score (nSPS) is 18.9. The van der Waals surface area contributed by atoms with Gasteiger partial charge in [0.15, 0.2) is 0 Å². The summed E-state index contributed by atoms with van der Waals surface area (Å²) in [6.07, 6.45) is 5.20. The van der Waals surface area contributed by atoms with E-state index in [0.29, 0.717) is 49.0 Å². The monoisotopic (exact) mass is 491 g/mol. The number of anilines is 1. The molecule has 1 N–H and O–H groups in total. The van der Waals surface area contributed by atoms with E-state index in [9.17, 15) is 9.59 Å². The lowest BCUT2D eigenvalue weighted by Gasteiger charge is -2.32. The van der Waals surface area contributed by atoms with Crippen LogP contribution in [0.1, 0.15) is 36.6 Å². The number of piperidine rings is 1. The van der Waals surface area contributed by atoms with Crippen LogP contribution in [0, 0.1) is 5.92 Å². The number of aromatic nitrogens is 1. The number of nitrogens with zero attached hydrogens (tertiary/aromatic N) is 4. The van der Waals surface area contributed by atoms with Gasteiger partial charge in [-0.1, -0.05) is 29.8 Å². The first-order valence-corrected chi connectivity index (χ1v) is 12.1. The number of carbonyl (C=O) groups excluding carboxylic acids is 2. The molecule has 0 radical (unpaired) electrons. The third-order valence-corrected chi connectivity index (χ3v) is 6.70. The van der Waals surface area contributed by atoms with E-state index in [0.717, 1.165) is 11.3 Å². The Labute approximate surface area is 208 Å². The Morgan fingerprint density at radius 2 is 1.86 bits per heavy atom. The van der Waals surface area contributed by atoms with Gasteiger partial charge >= 0.3 is 0 Å². The zero-order valence-corrected chi connectivity index (χ0v) is 19.9. The van der Waals surface area contributed by atoms with Crippen LogP contribution in [0.4, 0.5) is 5.82 Å². The number of hydrazone groups is 1. The van der Waals surface area contributed by atoms with Gasteiger partial charge in [0.2, 0.25) is 5.91 Å². The van der Waals surface area contributed by atoms with Crippen molar-refractivity contribution in [2.45, 2.75) is 25.3 Å². The molecule has 2 amide bonds. The maximum atomic E-state index is 13.3. The summed E-state index contributed by atoms with van der Waals surface area (Å²) in [7, 11) is 0. The molecule has 1 unspecified atom stereocenters. The molecule has 3 aromatic rings. The average Bonchev–Trinajstić information content (AvgIpc) is 3.56. The highest BCUT2D eigenvalue weighted by Crippen LogP contribution is 2.33. The number of furan rings is 1. The van der Waals surface area contributed by atoms with E-state index in [1.54, 1.807) is 23.5 Å². The largest absolute Gasteiger partial charge is 0.467 e. The number of likely N-dealkylation sites (tertiary alicyclic amines) is 1.